The first kappa shape index (κ1) is 14.7. The van der Waals surface area contributed by atoms with Gasteiger partial charge in [-0.25, -0.2) is 0 Å². The Balaban J connectivity index is 2.04. The van der Waals surface area contributed by atoms with Crippen molar-refractivity contribution >= 4 is 17.3 Å². The second-order valence-electron chi connectivity index (χ2n) is 5.27. The molecule has 1 fully saturated rings. The maximum atomic E-state index is 12.5. The predicted octanol–water partition coefficient (Wildman–Crippen LogP) is 1.88. The fraction of sp³-hybridized carbons (Fsp3) is 0.533. The second kappa shape index (κ2) is 6.61. The van der Waals surface area contributed by atoms with Crippen LogP contribution in [0.4, 0.5) is 11.4 Å². The summed E-state index contributed by atoms with van der Waals surface area (Å²) < 4.78 is 5.75. The molecule has 1 aromatic rings. The molecule has 1 saturated heterocycles. The van der Waals surface area contributed by atoms with Gasteiger partial charge in [0.15, 0.2) is 0 Å². The highest BCUT2D eigenvalue weighted by atomic mass is 16.5. The monoisotopic (exact) mass is 277 g/mol. The molecule has 1 aromatic carbocycles. The molecule has 5 heteroatoms. The zero-order chi connectivity index (χ0) is 14.5. The summed E-state index contributed by atoms with van der Waals surface area (Å²) in [5.74, 6) is -0.0196. The van der Waals surface area contributed by atoms with Crippen molar-refractivity contribution in [1.29, 1.82) is 0 Å². The Morgan fingerprint density at radius 1 is 1.35 bits per heavy atom. The highest BCUT2D eigenvalue weighted by molar-refractivity contribution is 5.96. The molecule has 1 aliphatic heterocycles. The first-order chi connectivity index (χ1) is 9.60. The standard InChI is InChI=1S/C15H23N3O2/c1-2-6-20-14-4-3-5-18(10-14)15(19)11-7-12(16)9-13(17)8-11/h7-9,14H,2-6,10,16-17H2,1H3. The van der Waals surface area contributed by atoms with Gasteiger partial charge in [-0.2, -0.15) is 0 Å². The predicted molar refractivity (Wildman–Crippen MR) is 80.4 cm³/mol. The lowest BCUT2D eigenvalue weighted by molar-refractivity contribution is 0.00212. The Morgan fingerprint density at radius 2 is 2.05 bits per heavy atom. The summed E-state index contributed by atoms with van der Waals surface area (Å²) in [5, 5.41) is 0. The number of hydrogen-bond acceptors (Lipinski definition) is 4. The van der Waals surface area contributed by atoms with Gasteiger partial charge in [0.25, 0.3) is 5.91 Å². The number of ether oxygens (including phenoxy) is 1. The van der Waals surface area contributed by atoms with E-state index in [1.54, 1.807) is 18.2 Å². The van der Waals surface area contributed by atoms with E-state index >= 15 is 0 Å². The molecule has 4 N–H and O–H groups in total. The lowest BCUT2D eigenvalue weighted by Crippen LogP contribution is -2.43. The molecule has 1 aliphatic rings. The topological polar surface area (TPSA) is 81.6 Å². The van der Waals surface area contributed by atoms with Gasteiger partial charge in [-0.15, -0.1) is 0 Å². The molecule has 2 rings (SSSR count). The van der Waals surface area contributed by atoms with Crippen LogP contribution in [-0.4, -0.2) is 36.6 Å². The van der Waals surface area contributed by atoms with Crippen molar-refractivity contribution < 1.29 is 9.53 Å². The van der Waals surface area contributed by atoms with E-state index in [2.05, 4.69) is 6.92 Å². The van der Waals surface area contributed by atoms with E-state index in [1.165, 1.54) is 0 Å². The SMILES string of the molecule is CCCOC1CCCN(C(=O)c2cc(N)cc(N)c2)C1. The van der Waals surface area contributed by atoms with Gasteiger partial charge in [-0.1, -0.05) is 6.92 Å². The van der Waals surface area contributed by atoms with Gasteiger partial charge in [0.1, 0.15) is 0 Å². The molecule has 0 radical (unpaired) electrons. The van der Waals surface area contributed by atoms with Crippen molar-refractivity contribution in [3.8, 4) is 0 Å². The minimum Gasteiger partial charge on any atom is -0.399 e. The maximum absolute atomic E-state index is 12.5. The lowest BCUT2D eigenvalue weighted by atomic mass is 10.1. The number of nitrogen functional groups attached to an aromatic ring is 2. The Hall–Kier alpha value is -1.75. The summed E-state index contributed by atoms with van der Waals surface area (Å²) in [5.41, 5.74) is 13.1. The van der Waals surface area contributed by atoms with E-state index in [4.69, 9.17) is 16.2 Å². The average molecular weight is 277 g/mol. The summed E-state index contributed by atoms with van der Waals surface area (Å²) in [7, 11) is 0. The summed E-state index contributed by atoms with van der Waals surface area (Å²) >= 11 is 0. The molecule has 5 nitrogen and oxygen atoms in total. The molecule has 0 aliphatic carbocycles. The molecule has 110 valence electrons. The number of nitrogens with two attached hydrogens (primary N) is 2. The summed E-state index contributed by atoms with van der Waals surface area (Å²) in [6.07, 6.45) is 3.13. The molecule has 0 saturated carbocycles. The van der Waals surface area contributed by atoms with E-state index in [1.807, 2.05) is 4.90 Å². The van der Waals surface area contributed by atoms with Crippen LogP contribution in [0, 0.1) is 0 Å². The van der Waals surface area contributed by atoms with Gasteiger partial charge in [0.2, 0.25) is 0 Å². The number of carbonyl (C=O) groups is 1. The second-order valence-corrected chi connectivity index (χ2v) is 5.27. The van der Waals surface area contributed by atoms with Crippen molar-refractivity contribution in [2.45, 2.75) is 32.3 Å². The normalized spacial score (nSPS) is 19.1. The van der Waals surface area contributed by atoms with Gasteiger partial charge in [0, 0.05) is 36.6 Å². The molecule has 1 heterocycles. The summed E-state index contributed by atoms with van der Waals surface area (Å²) in [6.45, 7) is 4.24. The number of carbonyl (C=O) groups excluding carboxylic acids is 1. The Kier molecular flexibility index (Phi) is 4.84. The van der Waals surface area contributed by atoms with Crippen molar-refractivity contribution in [2.24, 2.45) is 0 Å². The number of benzene rings is 1. The molecule has 0 aromatic heterocycles. The number of piperidine rings is 1. The van der Waals surface area contributed by atoms with Gasteiger partial charge in [-0.3, -0.25) is 4.79 Å². The van der Waals surface area contributed by atoms with Crippen LogP contribution in [0.3, 0.4) is 0 Å². The summed E-state index contributed by atoms with van der Waals surface area (Å²) in [4.78, 5) is 14.3. The number of nitrogens with zero attached hydrogens (tertiary/aromatic N) is 1. The van der Waals surface area contributed by atoms with Crippen LogP contribution in [-0.2, 0) is 4.74 Å². The van der Waals surface area contributed by atoms with Crippen molar-refractivity contribution in [3.63, 3.8) is 0 Å². The third-order valence-corrected chi connectivity index (χ3v) is 3.45. The van der Waals surface area contributed by atoms with Gasteiger partial charge >= 0.3 is 0 Å². The van der Waals surface area contributed by atoms with Crippen LogP contribution in [0.5, 0.6) is 0 Å². The fourth-order valence-electron chi connectivity index (χ4n) is 2.53. The van der Waals surface area contributed by atoms with Crippen LogP contribution in [0.2, 0.25) is 0 Å². The van der Waals surface area contributed by atoms with Crippen molar-refractivity contribution in [2.75, 3.05) is 31.2 Å². The van der Waals surface area contributed by atoms with Crippen LogP contribution in [0.1, 0.15) is 36.5 Å². The number of rotatable bonds is 4. The van der Waals surface area contributed by atoms with Crippen molar-refractivity contribution in [3.05, 3.63) is 23.8 Å². The lowest BCUT2D eigenvalue weighted by Gasteiger charge is -2.32. The Morgan fingerprint density at radius 3 is 2.70 bits per heavy atom. The molecule has 0 bridgehead atoms. The zero-order valence-electron chi connectivity index (χ0n) is 12.0. The largest absolute Gasteiger partial charge is 0.399 e. The molecular weight excluding hydrogens is 254 g/mol. The number of hydrogen-bond donors (Lipinski definition) is 2. The Bertz CT molecular complexity index is 456. The van der Waals surface area contributed by atoms with E-state index in [-0.39, 0.29) is 12.0 Å². The van der Waals surface area contributed by atoms with Crippen LogP contribution in [0.15, 0.2) is 18.2 Å². The minimum atomic E-state index is -0.0196. The minimum absolute atomic E-state index is 0.0196. The Labute approximate surface area is 119 Å². The van der Waals surface area contributed by atoms with Crippen LogP contribution < -0.4 is 11.5 Å². The van der Waals surface area contributed by atoms with E-state index in [0.29, 0.717) is 23.5 Å². The smallest absolute Gasteiger partial charge is 0.254 e. The number of anilines is 2. The fourth-order valence-corrected chi connectivity index (χ4v) is 2.53. The maximum Gasteiger partial charge on any atom is 0.254 e. The van der Waals surface area contributed by atoms with Crippen LogP contribution in [0.25, 0.3) is 0 Å². The first-order valence-electron chi connectivity index (χ1n) is 7.17. The summed E-state index contributed by atoms with van der Waals surface area (Å²) in [6, 6.07) is 5.00. The molecule has 1 amide bonds. The van der Waals surface area contributed by atoms with Crippen LogP contribution >= 0.6 is 0 Å². The van der Waals surface area contributed by atoms with Gasteiger partial charge < -0.3 is 21.1 Å². The molecule has 1 atom stereocenters. The zero-order valence-corrected chi connectivity index (χ0v) is 12.0. The molecule has 1 unspecified atom stereocenters. The highest BCUT2D eigenvalue weighted by Gasteiger charge is 2.25. The molecule has 0 spiro atoms. The van der Waals surface area contributed by atoms with Gasteiger partial charge in [-0.05, 0) is 37.5 Å². The third kappa shape index (κ3) is 3.63. The van der Waals surface area contributed by atoms with Gasteiger partial charge in [0.05, 0.1) is 6.10 Å². The van der Waals surface area contributed by atoms with E-state index in [9.17, 15) is 4.79 Å². The third-order valence-electron chi connectivity index (χ3n) is 3.45. The van der Waals surface area contributed by atoms with E-state index in [0.717, 1.165) is 32.4 Å². The van der Waals surface area contributed by atoms with E-state index < -0.39 is 0 Å². The van der Waals surface area contributed by atoms with Crippen molar-refractivity contribution in [1.82, 2.24) is 4.90 Å². The molecular formula is C15H23N3O2. The first-order valence-corrected chi connectivity index (χ1v) is 7.17. The number of amides is 1. The average Bonchev–Trinajstić information content (AvgIpc) is 2.43. The quantitative estimate of drug-likeness (QED) is 0.823. The highest BCUT2D eigenvalue weighted by Crippen LogP contribution is 2.19. The molecule has 20 heavy (non-hydrogen) atoms. The number of likely N-dealkylation sites (tertiary alicyclic amines) is 1.